The molecule has 0 bridgehead atoms. The number of H-pyrrole nitrogens is 1. The molecule has 0 radical (unpaired) electrons. The summed E-state index contributed by atoms with van der Waals surface area (Å²) < 4.78 is 37.9. The number of hydrogen-bond acceptors (Lipinski definition) is 1. The molecule has 96 valence electrons. The minimum Gasteiger partial charge on any atom is -0.345 e. The summed E-state index contributed by atoms with van der Waals surface area (Å²) in [5, 5.41) is 0. The average Bonchev–Trinajstić information content (AvgIpc) is 2.57. The second-order valence-electron chi connectivity index (χ2n) is 5.74. The van der Waals surface area contributed by atoms with Crippen molar-refractivity contribution in [3.8, 4) is 0 Å². The van der Waals surface area contributed by atoms with E-state index in [1.165, 1.54) is 0 Å². The lowest BCUT2D eigenvalue weighted by molar-refractivity contribution is -0.177. The second kappa shape index (κ2) is 3.75. The summed E-state index contributed by atoms with van der Waals surface area (Å²) in [4.78, 5) is 7.48. The van der Waals surface area contributed by atoms with Gasteiger partial charge in [-0.1, -0.05) is 20.8 Å². The molecule has 0 amide bonds. The Bertz CT molecular complexity index is 412. The number of alkyl halides is 3. The summed E-state index contributed by atoms with van der Waals surface area (Å²) in [6.07, 6.45) is -3.47. The molecule has 1 heterocycles. The van der Waals surface area contributed by atoms with Crippen LogP contribution in [0.15, 0.2) is 0 Å². The van der Waals surface area contributed by atoms with Crippen LogP contribution in [0, 0.1) is 5.92 Å². The molecule has 5 heteroatoms. The van der Waals surface area contributed by atoms with E-state index in [9.17, 15) is 13.2 Å². The number of aryl methyl sites for hydroxylation is 1. The second-order valence-corrected chi connectivity index (χ2v) is 5.74. The highest BCUT2D eigenvalue weighted by molar-refractivity contribution is 5.21. The van der Waals surface area contributed by atoms with Crippen molar-refractivity contribution in [2.75, 3.05) is 0 Å². The molecule has 0 aromatic carbocycles. The molecular weight excluding hydrogens is 229 g/mol. The van der Waals surface area contributed by atoms with Crippen LogP contribution in [0.1, 0.15) is 44.4 Å². The molecule has 0 aliphatic heterocycles. The topological polar surface area (TPSA) is 28.7 Å². The number of aromatic amines is 1. The lowest BCUT2D eigenvalue weighted by atomic mass is 9.89. The van der Waals surface area contributed by atoms with Gasteiger partial charge in [-0.05, 0) is 12.8 Å². The van der Waals surface area contributed by atoms with Gasteiger partial charge in [-0.15, -0.1) is 0 Å². The summed E-state index contributed by atoms with van der Waals surface area (Å²) in [6.45, 7) is 6.00. The standard InChI is InChI=1S/C12H17F3N2/c1-11(2,3)10-16-8-5-4-7(12(13,14)15)6-9(8)17-10/h7H,4-6H2,1-3H3,(H,16,17). The zero-order chi connectivity index (χ0) is 12.8. The van der Waals surface area contributed by atoms with E-state index >= 15 is 0 Å². The Morgan fingerprint density at radius 3 is 2.41 bits per heavy atom. The molecule has 1 aliphatic carbocycles. The van der Waals surface area contributed by atoms with E-state index in [1.807, 2.05) is 20.8 Å². The van der Waals surface area contributed by atoms with Crippen LogP contribution < -0.4 is 0 Å². The molecule has 2 nitrogen and oxygen atoms in total. The molecular formula is C12H17F3N2. The number of hydrogen-bond donors (Lipinski definition) is 1. The predicted molar refractivity (Wildman–Crippen MR) is 58.9 cm³/mol. The quantitative estimate of drug-likeness (QED) is 0.747. The van der Waals surface area contributed by atoms with Crippen LogP contribution in [-0.2, 0) is 18.3 Å². The zero-order valence-electron chi connectivity index (χ0n) is 10.3. The third-order valence-electron chi connectivity index (χ3n) is 3.22. The highest BCUT2D eigenvalue weighted by atomic mass is 19.4. The van der Waals surface area contributed by atoms with Crippen LogP contribution in [-0.4, -0.2) is 16.1 Å². The summed E-state index contributed by atoms with van der Waals surface area (Å²) >= 11 is 0. The van der Waals surface area contributed by atoms with Crippen molar-refractivity contribution in [2.45, 2.75) is 51.6 Å². The highest BCUT2D eigenvalue weighted by Gasteiger charge is 2.42. The molecule has 0 fully saturated rings. The average molecular weight is 246 g/mol. The van der Waals surface area contributed by atoms with E-state index in [0.717, 1.165) is 11.5 Å². The third-order valence-corrected chi connectivity index (χ3v) is 3.22. The molecule has 1 aromatic heterocycles. The number of imidazole rings is 1. The van der Waals surface area contributed by atoms with Crippen molar-refractivity contribution in [3.63, 3.8) is 0 Å². The number of halogens is 3. The van der Waals surface area contributed by atoms with Gasteiger partial charge in [0.05, 0.1) is 11.6 Å². The Hall–Kier alpha value is -1.00. The molecule has 1 unspecified atom stereocenters. The van der Waals surface area contributed by atoms with Gasteiger partial charge in [-0.2, -0.15) is 13.2 Å². The van der Waals surface area contributed by atoms with E-state index in [0.29, 0.717) is 12.1 Å². The van der Waals surface area contributed by atoms with Gasteiger partial charge >= 0.3 is 6.18 Å². The third kappa shape index (κ3) is 2.48. The number of nitrogens with one attached hydrogen (secondary N) is 1. The first kappa shape index (κ1) is 12.5. The molecule has 1 aromatic rings. The highest BCUT2D eigenvalue weighted by Crippen LogP contribution is 2.37. The normalized spacial score (nSPS) is 21.4. The van der Waals surface area contributed by atoms with Gasteiger partial charge in [0.15, 0.2) is 0 Å². The van der Waals surface area contributed by atoms with E-state index in [-0.39, 0.29) is 18.3 Å². The fourth-order valence-corrected chi connectivity index (χ4v) is 2.12. The molecule has 1 N–H and O–H groups in total. The maximum absolute atomic E-state index is 12.6. The fraction of sp³-hybridized carbons (Fsp3) is 0.750. The Kier molecular flexibility index (Phi) is 2.75. The molecule has 17 heavy (non-hydrogen) atoms. The minimum absolute atomic E-state index is 0.0436. The molecule has 2 rings (SSSR count). The van der Waals surface area contributed by atoms with E-state index in [4.69, 9.17) is 0 Å². The Morgan fingerprint density at radius 2 is 1.88 bits per heavy atom. The van der Waals surface area contributed by atoms with Crippen LogP contribution in [0.3, 0.4) is 0 Å². The minimum atomic E-state index is -4.09. The monoisotopic (exact) mass is 246 g/mol. The van der Waals surface area contributed by atoms with Crippen molar-refractivity contribution in [2.24, 2.45) is 5.92 Å². The maximum atomic E-state index is 12.6. The number of fused-ring (bicyclic) bond motifs is 1. The van der Waals surface area contributed by atoms with Gasteiger partial charge < -0.3 is 4.98 Å². The number of nitrogens with zero attached hydrogens (tertiary/aromatic N) is 1. The fourth-order valence-electron chi connectivity index (χ4n) is 2.12. The van der Waals surface area contributed by atoms with Gasteiger partial charge in [0.2, 0.25) is 0 Å². The van der Waals surface area contributed by atoms with Gasteiger partial charge in [0.25, 0.3) is 0 Å². The first-order valence-electron chi connectivity index (χ1n) is 5.83. The summed E-state index contributed by atoms with van der Waals surface area (Å²) in [7, 11) is 0. The van der Waals surface area contributed by atoms with Crippen LogP contribution in [0.25, 0.3) is 0 Å². The van der Waals surface area contributed by atoms with Crippen molar-refractivity contribution < 1.29 is 13.2 Å². The van der Waals surface area contributed by atoms with E-state index in [2.05, 4.69) is 9.97 Å². The van der Waals surface area contributed by atoms with E-state index < -0.39 is 12.1 Å². The maximum Gasteiger partial charge on any atom is 0.392 e. The van der Waals surface area contributed by atoms with Crippen molar-refractivity contribution in [3.05, 3.63) is 17.2 Å². The smallest absolute Gasteiger partial charge is 0.345 e. The summed E-state index contributed by atoms with van der Waals surface area (Å²) in [6, 6.07) is 0. The predicted octanol–water partition coefficient (Wildman–Crippen LogP) is 3.37. The molecule has 0 saturated carbocycles. The number of rotatable bonds is 0. The van der Waals surface area contributed by atoms with Gasteiger partial charge in [-0.3, -0.25) is 0 Å². The van der Waals surface area contributed by atoms with Crippen LogP contribution in [0.2, 0.25) is 0 Å². The van der Waals surface area contributed by atoms with Gasteiger partial charge in [0.1, 0.15) is 5.82 Å². The molecule has 0 spiro atoms. The Morgan fingerprint density at radius 1 is 1.24 bits per heavy atom. The SMILES string of the molecule is CC(C)(C)c1nc2c([nH]1)CC(C(F)(F)F)CC2. The zero-order valence-corrected chi connectivity index (χ0v) is 10.3. The molecule has 1 atom stereocenters. The van der Waals surface area contributed by atoms with Crippen LogP contribution in [0.4, 0.5) is 13.2 Å². The lowest BCUT2D eigenvalue weighted by Crippen LogP contribution is -2.28. The van der Waals surface area contributed by atoms with Crippen molar-refractivity contribution >= 4 is 0 Å². The summed E-state index contributed by atoms with van der Waals surface area (Å²) in [5.74, 6) is -0.436. The van der Waals surface area contributed by atoms with Crippen LogP contribution in [0.5, 0.6) is 0 Å². The van der Waals surface area contributed by atoms with E-state index in [1.54, 1.807) is 0 Å². The van der Waals surface area contributed by atoms with Gasteiger partial charge in [-0.25, -0.2) is 4.98 Å². The molecule has 1 aliphatic rings. The molecule has 0 saturated heterocycles. The number of aromatic nitrogens is 2. The van der Waals surface area contributed by atoms with Crippen molar-refractivity contribution in [1.29, 1.82) is 0 Å². The Balaban J connectivity index is 2.25. The van der Waals surface area contributed by atoms with Gasteiger partial charge in [0, 0.05) is 17.5 Å². The largest absolute Gasteiger partial charge is 0.392 e. The van der Waals surface area contributed by atoms with Crippen molar-refractivity contribution in [1.82, 2.24) is 9.97 Å². The Labute approximate surface area is 98.6 Å². The first-order chi connectivity index (χ1) is 7.68. The summed E-state index contributed by atoms with van der Waals surface area (Å²) in [5.41, 5.74) is 1.34. The van der Waals surface area contributed by atoms with Crippen LogP contribution >= 0.6 is 0 Å². The lowest BCUT2D eigenvalue weighted by Gasteiger charge is -2.23. The first-order valence-corrected chi connectivity index (χ1v) is 5.83.